The number of rotatable bonds is 25. The zero-order chi connectivity index (χ0) is 65.2. The first kappa shape index (κ1) is 69.7. The Labute approximate surface area is 518 Å². The quantitative estimate of drug-likeness (QED) is 0.0333. The third-order valence-corrected chi connectivity index (χ3v) is 14.6. The molecule has 0 aromatic heterocycles. The largest absolute Gasteiger partial charge is 0.478 e. The fourth-order valence-electron chi connectivity index (χ4n) is 9.29. The molecule has 1 unspecified atom stereocenters. The van der Waals surface area contributed by atoms with Gasteiger partial charge in [-0.2, -0.15) is 0 Å². The first-order valence-corrected chi connectivity index (χ1v) is 28.8. The van der Waals surface area contributed by atoms with Gasteiger partial charge in [-0.25, -0.2) is 19.2 Å². The average Bonchev–Trinajstić information content (AvgIpc) is 3.53. The number of carboxylic acid groups (broad SMARTS) is 4. The normalized spacial score (nSPS) is 11.0. The van der Waals surface area contributed by atoms with Crippen LogP contribution in [0.15, 0.2) is 194 Å². The second-order valence-electron chi connectivity index (χ2n) is 21.9. The van der Waals surface area contributed by atoms with Gasteiger partial charge in [-0.15, -0.1) is 0 Å². The van der Waals surface area contributed by atoms with Gasteiger partial charge in [-0.05, 0) is 107 Å². The van der Waals surface area contributed by atoms with Crippen molar-refractivity contribution in [1.82, 2.24) is 0 Å². The van der Waals surface area contributed by atoms with Gasteiger partial charge >= 0.3 is 23.9 Å². The molecule has 0 radical (unpaired) electrons. The van der Waals surface area contributed by atoms with Crippen LogP contribution in [0.3, 0.4) is 0 Å². The molecule has 8 aromatic carbocycles. The molecule has 15 heteroatoms. The Balaban J connectivity index is 0.000000216. The summed E-state index contributed by atoms with van der Waals surface area (Å²) in [5.74, 6) is -5.12. The molecule has 0 aliphatic rings. The number of methoxy groups -OCH3 is 1. The fraction of sp³-hybridized carbons (Fsp3) is 0.230. The minimum absolute atomic E-state index is 0.0145. The van der Waals surface area contributed by atoms with Crippen LogP contribution in [0.2, 0.25) is 0 Å². The average molecular weight is 1200 g/mol. The molecule has 1 atom stereocenters. The summed E-state index contributed by atoms with van der Waals surface area (Å²) < 4.78 is 5.02. The molecule has 0 fully saturated rings. The number of aliphatic hydroxyl groups is 1. The van der Waals surface area contributed by atoms with Gasteiger partial charge in [0.25, 0.3) is 0 Å². The molecule has 0 heterocycles. The molecule has 0 bridgehead atoms. The summed E-state index contributed by atoms with van der Waals surface area (Å²) in [5.41, 5.74) is 8.84. The number of carboxylic acids is 4. The maximum absolute atomic E-state index is 12.4. The van der Waals surface area contributed by atoms with E-state index in [1.165, 1.54) is 48.9 Å². The van der Waals surface area contributed by atoms with Crippen LogP contribution in [0.1, 0.15) is 168 Å². The van der Waals surface area contributed by atoms with Gasteiger partial charge in [0.2, 0.25) is 0 Å². The lowest BCUT2D eigenvalue weighted by atomic mass is 9.82. The van der Waals surface area contributed by atoms with Crippen LogP contribution in [0.4, 0.5) is 0 Å². The van der Waals surface area contributed by atoms with Crippen LogP contribution in [0.25, 0.3) is 0 Å². The molecule has 0 amide bonds. The van der Waals surface area contributed by atoms with E-state index in [1.807, 2.05) is 72.8 Å². The fourth-order valence-corrected chi connectivity index (χ4v) is 9.29. The second kappa shape index (κ2) is 34.3. The topological polar surface area (TPSA) is 264 Å². The molecule has 8 rings (SSSR count). The maximum atomic E-state index is 12.4. The number of aliphatic hydroxyl groups excluding tert-OH is 1. The van der Waals surface area contributed by atoms with Crippen molar-refractivity contribution < 1.29 is 73.4 Å². The molecule has 0 saturated carbocycles. The van der Waals surface area contributed by atoms with Crippen LogP contribution in [0, 0.1) is 0 Å². The summed E-state index contributed by atoms with van der Waals surface area (Å²) in [4.78, 5) is 105. The van der Waals surface area contributed by atoms with Crippen molar-refractivity contribution in [3.05, 3.63) is 283 Å². The van der Waals surface area contributed by atoms with Crippen molar-refractivity contribution in [3.63, 3.8) is 0 Å². The highest BCUT2D eigenvalue weighted by atomic mass is 16.5. The Morgan fingerprint density at radius 3 is 0.876 bits per heavy atom. The van der Waals surface area contributed by atoms with Crippen LogP contribution < -0.4 is 0 Å². The molecule has 0 aliphatic carbocycles. The third-order valence-electron chi connectivity index (χ3n) is 14.6. The maximum Gasteiger partial charge on any atom is 0.336 e. The Morgan fingerprint density at radius 1 is 0.382 bits per heavy atom. The molecule has 8 aromatic rings. The van der Waals surface area contributed by atoms with Crippen LogP contribution in [0.5, 0.6) is 0 Å². The predicted octanol–water partition coefficient (Wildman–Crippen LogP) is 13.2. The van der Waals surface area contributed by atoms with Crippen molar-refractivity contribution in [2.75, 3.05) is 13.7 Å². The minimum atomic E-state index is -1.11. The molecule has 0 spiro atoms. The SMILES string of the molecule is CC(=O)Cc1ccc(CC(=O)c2ccccc2C(=O)O)cc1.CC(O)Cc1ccc(CC(=O)c2ccccc2C(=O)O)cc1.CCC(C)(C)c1ccc(CC(=O)c2ccccc2C(=O)O)cc1.COCCc1ccc(CC(=O)c2ccccc2C(=O)O)cc1. The number of carbonyl (C=O) groups excluding carboxylic acids is 5. The number of carbonyl (C=O) groups is 9. The Bertz CT molecular complexity index is 3740. The van der Waals surface area contributed by atoms with Gasteiger partial charge in [-0.3, -0.25) is 24.0 Å². The number of Topliss-reactive ketones (excluding diaryl/α,β-unsaturated/α-hetero) is 5. The van der Waals surface area contributed by atoms with E-state index in [0.717, 1.165) is 51.8 Å². The number of hydrogen-bond acceptors (Lipinski definition) is 11. The van der Waals surface area contributed by atoms with E-state index in [2.05, 4.69) is 32.9 Å². The van der Waals surface area contributed by atoms with Crippen molar-refractivity contribution in [3.8, 4) is 0 Å². The summed E-state index contributed by atoms with van der Waals surface area (Å²) in [6.45, 7) is 10.4. The monoisotopic (exact) mass is 1200 g/mol. The van der Waals surface area contributed by atoms with E-state index in [-0.39, 0.29) is 105 Å². The van der Waals surface area contributed by atoms with Crippen molar-refractivity contribution in [2.24, 2.45) is 0 Å². The first-order chi connectivity index (χ1) is 42.4. The van der Waals surface area contributed by atoms with Crippen molar-refractivity contribution in [2.45, 2.75) is 97.5 Å². The number of hydrogen-bond donors (Lipinski definition) is 5. The van der Waals surface area contributed by atoms with Gasteiger partial charge in [0.15, 0.2) is 23.1 Å². The van der Waals surface area contributed by atoms with Crippen LogP contribution >= 0.6 is 0 Å². The highest BCUT2D eigenvalue weighted by Gasteiger charge is 2.21. The lowest BCUT2D eigenvalue weighted by Gasteiger charge is -2.23. The summed E-state index contributed by atoms with van der Waals surface area (Å²) in [6.07, 6.45) is 3.07. The number of ether oxygens (including phenoxy) is 1. The van der Waals surface area contributed by atoms with E-state index < -0.39 is 30.0 Å². The van der Waals surface area contributed by atoms with E-state index >= 15 is 0 Å². The van der Waals surface area contributed by atoms with E-state index in [4.69, 9.17) is 20.1 Å². The summed E-state index contributed by atoms with van der Waals surface area (Å²) in [6, 6.07) is 55.4. The van der Waals surface area contributed by atoms with Crippen LogP contribution in [-0.2, 0) is 59.9 Å². The molecule has 5 N–H and O–H groups in total. The lowest BCUT2D eigenvalue weighted by molar-refractivity contribution is -0.116. The highest BCUT2D eigenvalue weighted by molar-refractivity contribution is 6.09. The summed E-state index contributed by atoms with van der Waals surface area (Å²) in [7, 11) is 1.66. The molecular formula is C74H74O15. The Kier molecular flexibility index (Phi) is 26.9. The minimum Gasteiger partial charge on any atom is -0.478 e. The number of aromatic carboxylic acids is 4. The molecule has 0 aliphatic heterocycles. The predicted molar refractivity (Wildman–Crippen MR) is 340 cm³/mol. The van der Waals surface area contributed by atoms with Gasteiger partial charge in [-0.1, -0.05) is 191 Å². The van der Waals surface area contributed by atoms with E-state index in [0.29, 0.717) is 19.4 Å². The van der Waals surface area contributed by atoms with Gasteiger partial charge in [0.05, 0.1) is 35.0 Å². The standard InChI is InChI=1S/C20H22O3.C18H18O4.C18H16O4.C18H18O4/c1-4-20(2,3)15-11-9-14(10-12-15)13-18(21)16-7-5-6-8-17(16)19(22)23;2*1-12(19)10-13-6-8-14(9-7-13)11-17(20)15-4-2-3-5-16(15)18(21)22;1-22-11-10-13-6-8-14(9-7-13)12-17(19)15-4-2-3-5-16(15)18(20)21/h5-12H,4,13H2,1-3H3,(H,22,23);2-9,12,19H,10-11H2,1H3,(H,21,22);2-9H,10-11H2,1H3,(H,21,22);2-9H,10-12H2,1H3,(H,20,21). The molecular weight excluding hydrogens is 1130 g/mol. The smallest absolute Gasteiger partial charge is 0.336 e. The van der Waals surface area contributed by atoms with Crippen molar-refractivity contribution in [1.29, 1.82) is 0 Å². The molecule has 15 nitrogen and oxygen atoms in total. The van der Waals surface area contributed by atoms with Gasteiger partial charge in [0, 0.05) is 61.5 Å². The molecule has 89 heavy (non-hydrogen) atoms. The van der Waals surface area contributed by atoms with E-state index in [9.17, 15) is 53.4 Å². The summed E-state index contributed by atoms with van der Waals surface area (Å²) >= 11 is 0. The van der Waals surface area contributed by atoms with Crippen molar-refractivity contribution >= 4 is 52.8 Å². The Hall–Kier alpha value is -10.1. The second-order valence-corrected chi connectivity index (χ2v) is 21.9. The lowest BCUT2D eigenvalue weighted by Crippen LogP contribution is -2.15. The first-order valence-electron chi connectivity index (χ1n) is 28.8. The molecule has 460 valence electrons. The number of ketones is 5. The van der Waals surface area contributed by atoms with Gasteiger partial charge in [0.1, 0.15) is 5.78 Å². The van der Waals surface area contributed by atoms with E-state index in [1.54, 1.807) is 86.8 Å². The zero-order valence-corrected chi connectivity index (χ0v) is 50.7. The zero-order valence-electron chi connectivity index (χ0n) is 50.7. The Morgan fingerprint density at radius 2 is 0.629 bits per heavy atom. The molecule has 0 saturated heterocycles. The third kappa shape index (κ3) is 22.0. The van der Waals surface area contributed by atoms with Crippen LogP contribution in [-0.4, -0.2) is 98.1 Å². The van der Waals surface area contributed by atoms with Gasteiger partial charge < -0.3 is 30.3 Å². The highest BCUT2D eigenvalue weighted by Crippen LogP contribution is 2.27. The number of benzene rings is 8. The summed E-state index contributed by atoms with van der Waals surface area (Å²) in [5, 5.41) is 45.9.